The fourth-order valence-corrected chi connectivity index (χ4v) is 8.28. The Labute approximate surface area is 366 Å². The second kappa shape index (κ2) is 20.4. The van der Waals surface area contributed by atoms with Gasteiger partial charge < -0.3 is 34.7 Å². The lowest BCUT2D eigenvalue weighted by molar-refractivity contribution is -0.148. The number of rotatable bonds is 16. The first-order valence-corrected chi connectivity index (χ1v) is 21.7. The molecule has 0 radical (unpaired) electrons. The quantitative estimate of drug-likeness (QED) is 0.0501. The highest BCUT2D eigenvalue weighted by Gasteiger charge is 2.29. The fourth-order valence-electron chi connectivity index (χ4n) is 6.35. The molecule has 2 atom stereocenters. The average Bonchev–Trinajstić information content (AvgIpc) is 4.05. The van der Waals surface area contributed by atoms with Gasteiger partial charge in [-0.3, -0.25) is 4.79 Å². The van der Waals surface area contributed by atoms with Crippen LogP contribution in [0.2, 0.25) is 5.02 Å². The number of halogens is 1. The molecule has 0 aliphatic carbocycles. The van der Waals surface area contributed by atoms with Crippen LogP contribution in [-0.4, -0.2) is 81.9 Å². The molecular weight excluding hydrogens is 838 g/mol. The van der Waals surface area contributed by atoms with Gasteiger partial charge in [0, 0.05) is 58.7 Å². The van der Waals surface area contributed by atoms with E-state index in [2.05, 4.69) is 37.6 Å². The van der Waals surface area contributed by atoms with Crippen LogP contribution < -0.4 is 20.3 Å². The van der Waals surface area contributed by atoms with Crippen molar-refractivity contribution in [3.8, 4) is 39.6 Å². The third-order valence-corrected chi connectivity index (χ3v) is 11.4. The van der Waals surface area contributed by atoms with Gasteiger partial charge in [0.25, 0.3) is 0 Å². The van der Waals surface area contributed by atoms with Crippen molar-refractivity contribution in [3.63, 3.8) is 0 Å². The van der Waals surface area contributed by atoms with Crippen LogP contribution in [-0.2, 0) is 31.2 Å². The molecule has 2 aromatic carbocycles. The van der Waals surface area contributed by atoms with Crippen molar-refractivity contribution >= 4 is 58.5 Å². The molecule has 18 heteroatoms. The number of carbonyl (C=O) groups excluding carboxylic acids is 3. The molecule has 61 heavy (non-hydrogen) atoms. The number of nitriles is 2. The zero-order valence-corrected chi connectivity index (χ0v) is 36.4. The molecule has 5 aromatic rings. The number of amides is 2. The highest BCUT2D eigenvalue weighted by molar-refractivity contribution is 7.98. The first-order valence-electron chi connectivity index (χ1n) is 19.4. The van der Waals surface area contributed by atoms with E-state index in [1.165, 1.54) is 42.5 Å². The number of hydrogen-bond acceptors (Lipinski definition) is 14. The van der Waals surface area contributed by atoms with Gasteiger partial charge in [-0.15, -0.1) is 11.3 Å². The minimum Gasteiger partial charge on any atom is -0.490 e. The summed E-state index contributed by atoms with van der Waals surface area (Å²) in [5.41, 5.74) is 3.39. The molecule has 316 valence electrons. The number of carbonyl (C=O) groups is 3. The smallest absolute Gasteiger partial charge is 0.408 e. The molecule has 15 nitrogen and oxygen atoms in total. The molecule has 1 aliphatic heterocycles. The summed E-state index contributed by atoms with van der Waals surface area (Å²) >= 11 is 9.00. The number of ether oxygens (including phenoxy) is 3. The van der Waals surface area contributed by atoms with Gasteiger partial charge in [0.2, 0.25) is 5.91 Å². The van der Waals surface area contributed by atoms with E-state index in [0.29, 0.717) is 55.3 Å². The van der Waals surface area contributed by atoms with E-state index in [1.807, 2.05) is 29.6 Å². The normalized spacial score (nSPS) is 13.4. The number of anilines is 1. The minimum atomic E-state index is -1.06. The van der Waals surface area contributed by atoms with Crippen molar-refractivity contribution in [3.05, 3.63) is 94.0 Å². The second-order valence-corrected chi connectivity index (χ2v) is 17.2. The molecule has 6 rings (SSSR count). The summed E-state index contributed by atoms with van der Waals surface area (Å²) in [7, 11) is 0. The number of aromatic nitrogens is 4. The number of nitrogens with zero attached hydrogens (tertiary/aromatic N) is 6. The molecule has 2 unspecified atom stereocenters. The van der Waals surface area contributed by atoms with Gasteiger partial charge in [0.15, 0.2) is 0 Å². The topological polar surface area (TPSA) is 208 Å². The Morgan fingerprint density at radius 1 is 0.984 bits per heavy atom. The number of hydrogen-bond donors (Lipinski definition) is 3. The standard InChI is InChI=1S/C43H44ClN9O6S2/c1-26(49-38(54)35(19-30-22-47-25-48-30)51-42(56)59-43(2,3)4)41(55)58-18-17-57-32-13-9-27(10-14-32)36-33(20-45)37(53-15-5-6-16-53)52-40(34(36)21-46)61-24-31-23-60-39(50-31)28-7-11-29(44)12-8-28/h7-14,22-23,25-26,35H,5-6,15-19,24H2,1-4H3,(H,47,48)(H,49,54)(H,51,56). The summed E-state index contributed by atoms with van der Waals surface area (Å²) < 4.78 is 16.5. The summed E-state index contributed by atoms with van der Waals surface area (Å²) in [5.74, 6) is 0.177. The van der Waals surface area contributed by atoms with Gasteiger partial charge in [-0.25, -0.2) is 24.5 Å². The Kier molecular flexibility index (Phi) is 14.9. The average molecular weight is 882 g/mol. The van der Waals surface area contributed by atoms with Gasteiger partial charge in [-0.1, -0.05) is 47.6 Å². The summed E-state index contributed by atoms with van der Waals surface area (Å²) in [4.78, 5) is 57.1. The van der Waals surface area contributed by atoms with E-state index in [0.717, 1.165) is 42.2 Å². The lowest BCUT2D eigenvalue weighted by Gasteiger charge is -2.24. The zero-order valence-electron chi connectivity index (χ0n) is 34.0. The maximum Gasteiger partial charge on any atom is 0.408 e. The van der Waals surface area contributed by atoms with Gasteiger partial charge >= 0.3 is 12.1 Å². The van der Waals surface area contributed by atoms with E-state index in [-0.39, 0.29) is 19.6 Å². The van der Waals surface area contributed by atoms with E-state index in [9.17, 15) is 24.9 Å². The van der Waals surface area contributed by atoms with Crippen molar-refractivity contribution in [1.82, 2.24) is 30.6 Å². The number of pyridine rings is 1. The van der Waals surface area contributed by atoms with Crippen LogP contribution in [0.15, 0.2) is 71.5 Å². The van der Waals surface area contributed by atoms with Crippen LogP contribution in [0.3, 0.4) is 0 Å². The number of aromatic amines is 1. The van der Waals surface area contributed by atoms with E-state index < -0.39 is 35.7 Å². The predicted octanol–water partition coefficient (Wildman–Crippen LogP) is 7.45. The second-order valence-electron chi connectivity index (χ2n) is 15.0. The molecule has 2 amide bonds. The Hall–Kier alpha value is -6.14. The number of H-pyrrole nitrogens is 1. The lowest BCUT2D eigenvalue weighted by atomic mass is 9.96. The summed E-state index contributed by atoms with van der Waals surface area (Å²) in [6, 6.07) is 17.1. The Morgan fingerprint density at radius 2 is 1.69 bits per heavy atom. The first-order chi connectivity index (χ1) is 29.3. The number of imidazole rings is 1. The van der Waals surface area contributed by atoms with Crippen molar-refractivity contribution in [2.75, 3.05) is 31.2 Å². The van der Waals surface area contributed by atoms with Crippen molar-refractivity contribution in [2.24, 2.45) is 0 Å². The number of alkyl carbamates (subject to hydrolysis) is 1. The third-order valence-electron chi connectivity index (χ3n) is 9.21. The molecule has 1 saturated heterocycles. The van der Waals surface area contributed by atoms with E-state index in [1.54, 1.807) is 45.0 Å². The number of esters is 1. The highest BCUT2D eigenvalue weighted by Crippen LogP contribution is 2.40. The van der Waals surface area contributed by atoms with Crippen LogP contribution in [0.5, 0.6) is 5.75 Å². The van der Waals surface area contributed by atoms with Crippen molar-refractivity contribution in [1.29, 1.82) is 10.5 Å². The Morgan fingerprint density at radius 3 is 2.34 bits per heavy atom. The number of benzene rings is 2. The molecule has 1 aliphatic rings. The largest absolute Gasteiger partial charge is 0.490 e. The molecule has 3 aromatic heterocycles. The lowest BCUT2D eigenvalue weighted by Crippen LogP contribution is -2.52. The van der Waals surface area contributed by atoms with Crippen LogP contribution >= 0.6 is 34.7 Å². The molecule has 1 fully saturated rings. The van der Waals surface area contributed by atoms with Crippen LogP contribution in [0.1, 0.15) is 63.1 Å². The Bertz CT molecular complexity index is 2400. The first kappa shape index (κ1) is 44.4. The van der Waals surface area contributed by atoms with E-state index >= 15 is 0 Å². The van der Waals surface area contributed by atoms with Gasteiger partial charge in [0.1, 0.15) is 70.2 Å². The maximum atomic E-state index is 13.2. The molecular formula is C43H44ClN9O6S2. The van der Waals surface area contributed by atoms with Crippen LogP contribution in [0.4, 0.5) is 10.6 Å². The number of thiazole rings is 1. The molecule has 0 saturated carbocycles. The summed E-state index contributed by atoms with van der Waals surface area (Å²) in [6.07, 6.45) is 4.23. The summed E-state index contributed by atoms with van der Waals surface area (Å²) in [6.45, 7) is 8.00. The molecule has 0 spiro atoms. The summed E-state index contributed by atoms with van der Waals surface area (Å²) in [5, 5.41) is 30.2. The predicted molar refractivity (Wildman–Crippen MR) is 232 cm³/mol. The van der Waals surface area contributed by atoms with Gasteiger partial charge in [-0.2, -0.15) is 10.5 Å². The number of thioether (sulfide) groups is 1. The SMILES string of the molecule is CC(NC(=O)C(Cc1cnc[nH]1)NC(=O)OC(C)(C)C)C(=O)OCCOc1ccc(-c2c(C#N)c(SCc3csc(-c4ccc(Cl)cc4)n3)nc(N3CCCC3)c2C#N)cc1. The maximum absolute atomic E-state index is 13.2. The number of nitrogens with one attached hydrogen (secondary N) is 3. The van der Waals surface area contributed by atoms with Gasteiger partial charge in [-0.05, 0) is 70.4 Å². The van der Waals surface area contributed by atoms with Crippen LogP contribution in [0, 0.1) is 22.7 Å². The van der Waals surface area contributed by atoms with Gasteiger partial charge in [0.05, 0.1) is 17.6 Å². The fraction of sp³-hybridized carbons (Fsp3) is 0.349. The minimum absolute atomic E-state index is 0.00674. The Balaban J connectivity index is 1.09. The van der Waals surface area contributed by atoms with Crippen LogP contribution in [0.25, 0.3) is 21.7 Å². The highest BCUT2D eigenvalue weighted by atomic mass is 35.5. The monoisotopic (exact) mass is 881 g/mol. The van der Waals surface area contributed by atoms with Crippen molar-refractivity contribution in [2.45, 2.75) is 75.4 Å². The molecule has 4 heterocycles. The third kappa shape index (κ3) is 12.0. The molecule has 0 bridgehead atoms. The zero-order chi connectivity index (χ0) is 43.5. The molecule has 3 N–H and O–H groups in total. The van der Waals surface area contributed by atoms with Crippen molar-refractivity contribution < 1.29 is 28.6 Å². The van der Waals surface area contributed by atoms with E-state index in [4.69, 9.17) is 35.8 Å².